The van der Waals surface area contributed by atoms with Gasteiger partial charge in [-0.2, -0.15) is 0 Å². The van der Waals surface area contributed by atoms with Gasteiger partial charge >= 0.3 is 0 Å². The summed E-state index contributed by atoms with van der Waals surface area (Å²) in [7, 11) is 0. The van der Waals surface area contributed by atoms with Gasteiger partial charge in [-0.05, 0) is 49.6 Å². The minimum absolute atomic E-state index is 0.352. The predicted molar refractivity (Wildman–Crippen MR) is 82.0 cm³/mol. The van der Waals surface area contributed by atoms with E-state index >= 15 is 0 Å². The Kier molecular flexibility index (Phi) is 3.60. The van der Waals surface area contributed by atoms with E-state index in [0.717, 1.165) is 28.2 Å². The van der Waals surface area contributed by atoms with Crippen LogP contribution in [0, 0.1) is 20.8 Å². The van der Waals surface area contributed by atoms with Crippen molar-refractivity contribution in [3.05, 3.63) is 58.7 Å². The van der Waals surface area contributed by atoms with Gasteiger partial charge in [0.05, 0.1) is 0 Å². The molecule has 3 nitrogen and oxygen atoms in total. The molecule has 2 aromatic carbocycles. The molecule has 1 heterocycles. The molecule has 3 heteroatoms. The molecule has 2 atom stereocenters. The van der Waals surface area contributed by atoms with E-state index in [9.17, 15) is 5.11 Å². The fourth-order valence-electron chi connectivity index (χ4n) is 2.70. The first kappa shape index (κ1) is 14.0. The van der Waals surface area contributed by atoms with Gasteiger partial charge in [0.1, 0.15) is 24.2 Å². The third-order valence-corrected chi connectivity index (χ3v) is 4.04. The second-order valence-electron chi connectivity index (χ2n) is 5.65. The van der Waals surface area contributed by atoms with Crippen molar-refractivity contribution < 1.29 is 14.6 Å². The number of ether oxygens (including phenoxy) is 2. The highest BCUT2D eigenvalue weighted by Crippen LogP contribution is 2.34. The molecule has 3 rings (SSSR count). The zero-order chi connectivity index (χ0) is 15.0. The van der Waals surface area contributed by atoms with E-state index in [1.165, 1.54) is 5.56 Å². The molecule has 110 valence electrons. The molecule has 0 saturated carbocycles. The number of hydrogen-bond acceptors (Lipinski definition) is 3. The lowest BCUT2D eigenvalue weighted by Gasteiger charge is -2.31. The van der Waals surface area contributed by atoms with E-state index in [-0.39, 0.29) is 6.10 Å². The van der Waals surface area contributed by atoms with E-state index in [1.807, 2.05) is 44.2 Å². The Bertz CT molecular complexity index is 664. The number of aliphatic hydroxyl groups is 1. The lowest BCUT2D eigenvalue weighted by atomic mass is 10.0. The maximum Gasteiger partial charge on any atom is 0.163 e. The number of hydrogen-bond donors (Lipinski definition) is 1. The van der Waals surface area contributed by atoms with Gasteiger partial charge in [-0.3, -0.25) is 0 Å². The molecule has 0 aromatic heterocycles. The summed E-state index contributed by atoms with van der Waals surface area (Å²) in [5, 5.41) is 10.5. The summed E-state index contributed by atoms with van der Waals surface area (Å²) in [6, 6.07) is 11.7. The maximum absolute atomic E-state index is 10.5. The normalized spacial score (nSPS) is 20.6. The van der Waals surface area contributed by atoms with Crippen LogP contribution in [0.1, 0.15) is 28.4 Å². The molecule has 1 aliphatic rings. The molecule has 1 aliphatic heterocycles. The van der Waals surface area contributed by atoms with Crippen LogP contribution in [0.15, 0.2) is 36.4 Å². The van der Waals surface area contributed by atoms with Gasteiger partial charge in [0.2, 0.25) is 0 Å². The summed E-state index contributed by atoms with van der Waals surface area (Å²) < 4.78 is 11.7. The van der Waals surface area contributed by atoms with Crippen LogP contribution < -0.4 is 9.47 Å². The van der Waals surface area contributed by atoms with Crippen LogP contribution in [0.25, 0.3) is 0 Å². The van der Waals surface area contributed by atoms with Crippen LogP contribution in [-0.4, -0.2) is 17.8 Å². The van der Waals surface area contributed by atoms with Gasteiger partial charge in [-0.1, -0.05) is 24.3 Å². The quantitative estimate of drug-likeness (QED) is 0.917. The number of para-hydroxylation sites is 1. The van der Waals surface area contributed by atoms with Crippen LogP contribution in [0.4, 0.5) is 0 Å². The standard InChI is InChI=1S/C18H20O3/c1-11-8-12(2)13(3)16(9-11)21-17-10-20-15-7-5-4-6-14(15)18(17)19/h4-9,17-19H,10H2,1-3H3. The second kappa shape index (κ2) is 5.41. The molecule has 21 heavy (non-hydrogen) atoms. The highest BCUT2D eigenvalue weighted by molar-refractivity contribution is 5.43. The van der Waals surface area contributed by atoms with Gasteiger partial charge in [0, 0.05) is 5.56 Å². The molecule has 1 N–H and O–H groups in total. The number of benzene rings is 2. The first-order chi connectivity index (χ1) is 10.1. The van der Waals surface area contributed by atoms with Gasteiger partial charge in [0.15, 0.2) is 6.10 Å². The number of fused-ring (bicyclic) bond motifs is 1. The fourth-order valence-corrected chi connectivity index (χ4v) is 2.70. The lowest BCUT2D eigenvalue weighted by Crippen LogP contribution is -2.35. The third-order valence-electron chi connectivity index (χ3n) is 4.04. The number of aryl methyl sites for hydroxylation is 2. The molecule has 2 unspecified atom stereocenters. The average Bonchev–Trinajstić information content (AvgIpc) is 2.47. The molecule has 0 fully saturated rings. The van der Waals surface area contributed by atoms with Crippen molar-refractivity contribution >= 4 is 0 Å². The van der Waals surface area contributed by atoms with Crippen molar-refractivity contribution in [2.75, 3.05) is 6.61 Å². The van der Waals surface area contributed by atoms with Gasteiger partial charge in [0.25, 0.3) is 0 Å². The van der Waals surface area contributed by atoms with Crippen molar-refractivity contribution in [1.29, 1.82) is 0 Å². The summed E-state index contributed by atoms with van der Waals surface area (Å²) in [5.74, 6) is 1.56. The van der Waals surface area contributed by atoms with Crippen molar-refractivity contribution in [2.45, 2.75) is 33.0 Å². The van der Waals surface area contributed by atoms with E-state index in [0.29, 0.717) is 6.61 Å². The number of rotatable bonds is 2. The molecule has 0 spiro atoms. The second-order valence-corrected chi connectivity index (χ2v) is 5.65. The van der Waals surface area contributed by atoms with Crippen LogP contribution in [0.3, 0.4) is 0 Å². The van der Waals surface area contributed by atoms with Crippen molar-refractivity contribution in [2.24, 2.45) is 0 Å². The minimum Gasteiger partial charge on any atom is -0.489 e. The van der Waals surface area contributed by atoms with Gasteiger partial charge < -0.3 is 14.6 Å². The molecular weight excluding hydrogens is 264 g/mol. The predicted octanol–water partition coefficient (Wildman–Crippen LogP) is 3.49. The highest BCUT2D eigenvalue weighted by Gasteiger charge is 2.31. The summed E-state index contributed by atoms with van der Waals surface area (Å²) in [6.45, 7) is 6.50. The van der Waals surface area contributed by atoms with E-state index < -0.39 is 6.10 Å². The average molecular weight is 284 g/mol. The lowest BCUT2D eigenvalue weighted by molar-refractivity contribution is -0.0106. The Morgan fingerprint density at radius 2 is 1.90 bits per heavy atom. The van der Waals surface area contributed by atoms with Crippen LogP contribution in [0.2, 0.25) is 0 Å². The van der Waals surface area contributed by atoms with Crippen molar-refractivity contribution in [3.8, 4) is 11.5 Å². The first-order valence-corrected chi connectivity index (χ1v) is 7.20. The molecule has 2 aromatic rings. The van der Waals surface area contributed by atoms with E-state index in [2.05, 4.69) is 13.0 Å². The minimum atomic E-state index is -0.671. The number of aliphatic hydroxyl groups excluding tert-OH is 1. The summed E-state index contributed by atoms with van der Waals surface area (Å²) in [5.41, 5.74) is 4.23. The topological polar surface area (TPSA) is 38.7 Å². The van der Waals surface area contributed by atoms with Crippen LogP contribution in [0.5, 0.6) is 11.5 Å². The van der Waals surface area contributed by atoms with Gasteiger partial charge in [-0.25, -0.2) is 0 Å². The molecule has 0 bridgehead atoms. The van der Waals surface area contributed by atoms with Crippen LogP contribution in [-0.2, 0) is 0 Å². The molecule has 0 amide bonds. The summed E-state index contributed by atoms with van der Waals surface area (Å²) in [4.78, 5) is 0. The first-order valence-electron chi connectivity index (χ1n) is 7.20. The molecular formula is C18H20O3. The Morgan fingerprint density at radius 3 is 2.71 bits per heavy atom. The SMILES string of the molecule is Cc1cc(C)c(C)c(OC2COc3ccccc3C2O)c1. The Balaban J connectivity index is 1.87. The fraction of sp³-hybridized carbons (Fsp3) is 0.333. The zero-order valence-corrected chi connectivity index (χ0v) is 12.6. The Hall–Kier alpha value is -2.00. The molecule has 0 aliphatic carbocycles. The summed E-state index contributed by atoms with van der Waals surface area (Å²) >= 11 is 0. The van der Waals surface area contributed by atoms with E-state index in [4.69, 9.17) is 9.47 Å². The van der Waals surface area contributed by atoms with Gasteiger partial charge in [-0.15, -0.1) is 0 Å². The zero-order valence-electron chi connectivity index (χ0n) is 12.6. The summed E-state index contributed by atoms with van der Waals surface area (Å²) in [6.07, 6.45) is -1.06. The Labute approximate surface area is 125 Å². The largest absolute Gasteiger partial charge is 0.489 e. The van der Waals surface area contributed by atoms with Crippen molar-refractivity contribution in [1.82, 2.24) is 0 Å². The van der Waals surface area contributed by atoms with Crippen LogP contribution >= 0.6 is 0 Å². The molecule has 0 radical (unpaired) electrons. The van der Waals surface area contributed by atoms with E-state index in [1.54, 1.807) is 0 Å². The Morgan fingerprint density at radius 1 is 1.14 bits per heavy atom. The monoisotopic (exact) mass is 284 g/mol. The van der Waals surface area contributed by atoms with Crippen molar-refractivity contribution in [3.63, 3.8) is 0 Å². The third kappa shape index (κ3) is 2.61. The maximum atomic E-state index is 10.5. The smallest absolute Gasteiger partial charge is 0.163 e. The molecule has 0 saturated heterocycles. The highest BCUT2D eigenvalue weighted by atomic mass is 16.5.